The van der Waals surface area contributed by atoms with E-state index in [0.717, 1.165) is 0 Å². The summed E-state index contributed by atoms with van der Waals surface area (Å²) < 4.78 is 3.55. The molecule has 0 aromatic rings. The molecular formula is C5H9N2P. The molecule has 0 bridgehead atoms. The van der Waals surface area contributed by atoms with Gasteiger partial charge in [0.2, 0.25) is 0 Å². The van der Waals surface area contributed by atoms with Gasteiger partial charge in [-0.3, -0.25) is 9.92 Å². The van der Waals surface area contributed by atoms with Crippen molar-refractivity contribution in [2.24, 2.45) is 4.76 Å². The van der Waals surface area contributed by atoms with Crippen LogP contribution in [0.1, 0.15) is 0 Å². The molecule has 0 aliphatic carbocycles. The van der Waals surface area contributed by atoms with Crippen LogP contribution in [0.5, 0.6) is 0 Å². The van der Waals surface area contributed by atoms with Crippen LogP contribution in [0.2, 0.25) is 0 Å². The number of hydrogen-bond acceptors (Lipinski definition) is 1. The van der Waals surface area contributed by atoms with Gasteiger partial charge in [0.15, 0.2) is 0 Å². The molecule has 0 atom stereocenters. The summed E-state index contributed by atoms with van der Waals surface area (Å²) in [6.07, 6.45) is 0. The molecule has 0 rings (SSSR count). The Morgan fingerprint density at radius 2 is 1.75 bits per heavy atom. The van der Waals surface area contributed by atoms with E-state index in [-0.39, 0.29) is 0 Å². The van der Waals surface area contributed by atoms with E-state index in [9.17, 15) is 0 Å². The van der Waals surface area contributed by atoms with Gasteiger partial charge in [-0.2, -0.15) is 0 Å². The van der Waals surface area contributed by atoms with Gasteiger partial charge < -0.3 is 0 Å². The Morgan fingerprint density at radius 3 is 1.75 bits per heavy atom. The van der Waals surface area contributed by atoms with E-state index >= 15 is 0 Å². The zero-order valence-corrected chi connectivity index (χ0v) is 5.56. The van der Waals surface area contributed by atoms with E-state index in [4.69, 9.17) is 5.16 Å². The van der Waals surface area contributed by atoms with Crippen LogP contribution < -0.4 is 0 Å². The predicted molar refractivity (Wildman–Crippen MR) is 39.6 cm³/mol. The van der Waals surface area contributed by atoms with Crippen molar-refractivity contribution in [2.75, 3.05) is 0 Å². The molecule has 0 heterocycles. The fourth-order valence-corrected chi connectivity index (χ4v) is 0.570. The molecule has 0 radical (unpaired) electrons. The van der Waals surface area contributed by atoms with Gasteiger partial charge in [0.05, 0.1) is 0 Å². The van der Waals surface area contributed by atoms with Crippen molar-refractivity contribution < 1.29 is 0 Å². The van der Waals surface area contributed by atoms with E-state index < -0.39 is 7.21 Å². The van der Waals surface area contributed by atoms with Crippen molar-refractivity contribution in [1.29, 1.82) is 5.16 Å². The Bertz CT molecular complexity index is 131. The largest absolute Gasteiger partial charge is 0.290 e. The minimum Gasteiger partial charge on any atom is -0.290 e. The quantitative estimate of drug-likeness (QED) is 0.448. The molecule has 3 heteroatoms. The third kappa shape index (κ3) is 1.47. The van der Waals surface area contributed by atoms with Crippen LogP contribution in [0.15, 0.2) is 29.6 Å². The van der Waals surface area contributed by atoms with Crippen molar-refractivity contribution in [1.82, 2.24) is 0 Å². The summed E-state index contributed by atoms with van der Waals surface area (Å²) in [6.45, 7) is 10.1. The molecule has 0 spiro atoms. The molecule has 0 saturated heterocycles. The second-order valence-electron chi connectivity index (χ2n) is 1.24. The first-order valence-electron chi connectivity index (χ1n) is 2.07. The third-order valence-corrected chi connectivity index (χ3v) is 2.37. The van der Waals surface area contributed by atoms with E-state index in [1.165, 1.54) is 11.6 Å². The van der Waals surface area contributed by atoms with Crippen molar-refractivity contribution in [3.05, 3.63) is 24.8 Å². The standard InChI is InChI=1S/C5H9N2P/c1-4-8(6,5-2)7-3/h4-6H,1-3H2. The van der Waals surface area contributed by atoms with Gasteiger partial charge >= 0.3 is 0 Å². The van der Waals surface area contributed by atoms with Gasteiger partial charge in [-0.15, -0.1) is 0 Å². The summed E-state index contributed by atoms with van der Waals surface area (Å²) in [5.41, 5.74) is 0. The van der Waals surface area contributed by atoms with Crippen LogP contribution in [0, 0.1) is 5.16 Å². The van der Waals surface area contributed by atoms with Crippen LogP contribution in [0.3, 0.4) is 0 Å². The van der Waals surface area contributed by atoms with E-state index in [1.54, 1.807) is 0 Å². The lowest BCUT2D eigenvalue weighted by atomic mass is 11.2. The molecule has 2 nitrogen and oxygen atoms in total. The predicted octanol–water partition coefficient (Wildman–Crippen LogP) is 2.67. The first kappa shape index (κ1) is 7.38. The van der Waals surface area contributed by atoms with Crippen LogP contribution in [0.4, 0.5) is 0 Å². The summed E-state index contributed by atoms with van der Waals surface area (Å²) >= 11 is 0. The highest BCUT2D eigenvalue weighted by atomic mass is 31.2. The average molecular weight is 128 g/mol. The van der Waals surface area contributed by atoms with Gasteiger partial charge in [0.25, 0.3) is 0 Å². The first-order valence-corrected chi connectivity index (χ1v) is 3.95. The highest BCUT2D eigenvalue weighted by Crippen LogP contribution is 2.49. The highest BCUT2D eigenvalue weighted by molar-refractivity contribution is 7.69. The molecule has 44 valence electrons. The minimum absolute atomic E-state index is 1.48. The SMILES string of the molecule is C=CP(=N)(C=C)N=C. The molecule has 0 fully saturated rings. The topological polar surface area (TPSA) is 36.2 Å². The van der Waals surface area contributed by atoms with Gasteiger partial charge in [0.1, 0.15) is 7.21 Å². The van der Waals surface area contributed by atoms with Crippen molar-refractivity contribution >= 4 is 13.9 Å². The zero-order chi connectivity index (χ0) is 6.62. The summed E-state index contributed by atoms with van der Waals surface area (Å²) in [6, 6.07) is 0. The Kier molecular flexibility index (Phi) is 2.43. The Morgan fingerprint density at radius 1 is 1.38 bits per heavy atom. The molecule has 0 aliphatic rings. The summed E-state index contributed by atoms with van der Waals surface area (Å²) in [5, 5.41) is 7.31. The summed E-state index contributed by atoms with van der Waals surface area (Å²) in [4.78, 5) is 0. The number of nitrogens with zero attached hydrogens (tertiary/aromatic N) is 1. The summed E-state index contributed by atoms with van der Waals surface area (Å²) in [7, 11) is -2.12. The van der Waals surface area contributed by atoms with E-state index in [2.05, 4.69) is 24.6 Å². The van der Waals surface area contributed by atoms with E-state index in [1.807, 2.05) is 0 Å². The monoisotopic (exact) mass is 128 g/mol. The highest BCUT2D eigenvalue weighted by Gasteiger charge is 1.98. The Labute approximate surface area is 49.6 Å². The maximum atomic E-state index is 7.31. The molecule has 0 aliphatic heterocycles. The van der Waals surface area contributed by atoms with Crippen LogP contribution in [-0.4, -0.2) is 6.72 Å². The molecule has 0 amide bonds. The second kappa shape index (κ2) is 2.63. The molecular weight excluding hydrogens is 119 g/mol. The Hall–Kier alpha value is -0.620. The third-order valence-electron chi connectivity index (χ3n) is 0.791. The number of hydrogen-bond donors (Lipinski definition) is 1. The molecule has 1 N–H and O–H groups in total. The van der Waals surface area contributed by atoms with Crippen molar-refractivity contribution in [3.63, 3.8) is 0 Å². The molecule has 0 aromatic carbocycles. The van der Waals surface area contributed by atoms with Gasteiger partial charge in [-0.1, -0.05) is 13.2 Å². The lowest BCUT2D eigenvalue weighted by Crippen LogP contribution is -1.57. The van der Waals surface area contributed by atoms with Crippen LogP contribution >= 0.6 is 7.21 Å². The lowest BCUT2D eigenvalue weighted by Gasteiger charge is -2.01. The number of rotatable bonds is 3. The maximum Gasteiger partial charge on any atom is 0.111 e. The Balaban J connectivity index is 4.45. The van der Waals surface area contributed by atoms with Gasteiger partial charge in [-0.05, 0) is 18.4 Å². The second-order valence-corrected chi connectivity index (χ2v) is 3.73. The fourth-order valence-electron chi connectivity index (χ4n) is 0.190. The number of nitrogens with one attached hydrogen (secondary N) is 1. The van der Waals surface area contributed by atoms with Gasteiger partial charge in [0, 0.05) is 0 Å². The fraction of sp³-hybridized carbons (Fsp3) is 0. The average Bonchev–Trinajstić information content (AvgIpc) is 1.87. The molecule has 0 unspecified atom stereocenters. The molecule has 0 saturated carbocycles. The molecule has 0 aromatic heterocycles. The first-order chi connectivity index (χ1) is 3.68. The van der Waals surface area contributed by atoms with Crippen molar-refractivity contribution in [2.45, 2.75) is 0 Å². The van der Waals surface area contributed by atoms with Gasteiger partial charge in [-0.25, -0.2) is 0 Å². The van der Waals surface area contributed by atoms with Crippen LogP contribution in [0.25, 0.3) is 0 Å². The van der Waals surface area contributed by atoms with E-state index in [0.29, 0.717) is 0 Å². The normalized spacial score (nSPS) is 10.0. The minimum atomic E-state index is -2.12. The lowest BCUT2D eigenvalue weighted by molar-refractivity contribution is 1.58. The maximum absolute atomic E-state index is 7.31. The van der Waals surface area contributed by atoms with Crippen molar-refractivity contribution in [3.8, 4) is 0 Å². The smallest absolute Gasteiger partial charge is 0.111 e. The summed E-state index contributed by atoms with van der Waals surface area (Å²) in [5.74, 6) is 2.96. The zero-order valence-electron chi connectivity index (χ0n) is 4.67. The molecule has 8 heavy (non-hydrogen) atoms. The van der Waals surface area contributed by atoms with Crippen LogP contribution in [-0.2, 0) is 0 Å².